The third kappa shape index (κ3) is 2.94. The molecule has 3 N–H and O–H groups in total. The number of hydrogen-bond acceptors (Lipinski definition) is 3. The minimum atomic E-state index is 0.0513. The lowest BCUT2D eigenvalue weighted by molar-refractivity contribution is 0.305. The summed E-state index contributed by atoms with van der Waals surface area (Å²) in [7, 11) is 0. The van der Waals surface area contributed by atoms with Crippen LogP contribution in [0.15, 0.2) is 12.1 Å². The molecule has 0 atom stereocenters. The summed E-state index contributed by atoms with van der Waals surface area (Å²) in [5.74, 6) is 5.49. The van der Waals surface area contributed by atoms with E-state index in [1.54, 1.807) is 12.1 Å². The van der Waals surface area contributed by atoms with Crippen molar-refractivity contribution in [3.63, 3.8) is 0 Å². The number of hydrogen-bond donors (Lipinski definition) is 2. The molecule has 1 aromatic heterocycles. The lowest BCUT2D eigenvalue weighted by Crippen LogP contribution is -1.90. The highest BCUT2D eigenvalue weighted by molar-refractivity contribution is 6.31. The minimum absolute atomic E-state index is 0.0513. The van der Waals surface area contributed by atoms with Crippen LogP contribution >= 0.6 is 11.6 Å². The molecule has 1 aromatic rings. The van der Waals surface area contributed by atoms with Gasteiger partial charge in [0.15, 0.2) is 5.15 Å². The van der Waals surface area contributed by atoms with Gasteiger partial charge in [0.2, 0.25) is 0 Å². The molecule has 0 bridgehead atoms. The average molecular weight is 197 g/mol. The smallest absolute Gasteiger partial charge is 0.153 e. The van der Waals surface area contributed by atoms with Gasteiger partial charge in [0, 0.05) is 6.42 Å². The summed E-state index contributed by atoms with van der Waals surface area (Å²) >= 11 is 5.67. The maximum Gasteiger partial charge on any atom is 0.153 e. The molecule has 0 unspecified atom stereocenters. The quantitative estimate of drug-likeness (QED) is 0.522. The van der Waals surface area contributed by atoms with E-state index >= 15 is 0 Å². The van der Waals surface area contributed by atoms with Crippen LogP contribution in [0.2, 0.25) is 5.15 Å². The number of rotatable bonds is 1. The van der Waals surface area contributed by atoms with Gasteiger partial charge < -0.3 is 10.8 Å². The van der Waals surface area contributed by atoms with Crippen LogP contribution in [-0.4, -0.2) is 16.7 Å². The first-order valence-electron chi connectivity index (χ1n) is 3.76. The summed E-state index contributed by atoms with van der Waals surface area (Å²) in [5, 5.41) is 8.73. The van der Waals surface area contributed by atoms with Gasteiger partial charge >= 0.3 is 0 Å². The summed E-state index contributed by atoms with van der Waals surface area (Å²) in [6, 6.07) is 3.34. The number of nitrogens with two attached hydrogens (primary N) is 1. The third-order valence-corrected chi connectivity index (χ3v) is 1.63. The predicted molar refractivity (Wildman–Crippen MR) is 52.2 cm³/mol. The van der Waals surface area contributed by atoms with Gasteiger partial charge in [0.05, 0.1) is 12.3 Å². The summed E-state index contributed by atoms with van der Waals surface area (Å²) in [4.78, 5) is 3.93. The first-order chi connectivity index (χ1) is 6.24. The van der Waals surface area contributed by atoms with Crippen molar-refractivity contribution in [1.82, 2.24) is 4.98 Å². The van der Waals surface area contributed by atoms with E-state index in [9.17, 15) is 0 Å². The molecule has 0 saturated carbocycles. The van der Waals surface area contributed by atoms with Crippen molar-refractivity contribution in [3.8, 4) is 11.8 Å². The number of pyridine rings is 1. The van der Waals surface area contributed by atoms with Crippen LogP contribution in [0.5, 0.6) is 0 Å². The topological polar surface area (TPSA) is 59.1 Å². The maximum absolute atomic E-state index is 8.47. The third-order valence-electron chi connectivity index (χ3n) is 1.33. The highest BCUT2D eigenvalue weighted by Crippen LogP contribution is 2.14. The Labute approximate surface area is 81.5 Å². The Hall–Kier alpha value is -1.24. The second-order valence-electron chi connectivity index (χ2n) is 2.35. The summed E-state index contributed by atoms with van der Waals surface area (Å²) in [6.07, 6.45) is 0.434. The van der Waals surface area contributed by atoms with Crippen LogP contribution in [0.4, 0.5) is 5.69 Å². The lowest BCUT2D eigenvalue weighted by atomic mass is 10.3. The van der Waals surface area contributed by atoms with E-state index in [1.165, 1.54) is 0 Å². The number of aliphatic hydroxyl groups is 1. The van der Waals surface area contributed by atoms with Crippen molar-refractivity contribution in [2.45, 2.75) is 6.42 Å². The Balaban J connectivity index is 2.81. The van der Waals surface area contributed by atoms with Crippen LogP contribution in [0, 0.1) is 11.8 Å². The van der Waals surface area contributed by atoms with E-state index < -0.39 is 0 Å². The number of nitrogen functional groups attached to an aromatic ring is 1. The molecule has 4 heteroatoms. The molecule has 68 valence electrons. The van der Waals surface area contributed by atoms with Crippen LogP contribution in [0.25, 0.3) is 0 Å². The van der Waals surface area contributed by atoms with Gasteiger partial charge in [-0.2, -0.15) is 0 Å². The second kappa shape index (κ2) is 4.70. The lowest BCUT2D eigenvalue weighted by Gasteiger charge is -1.95. The minimum Gasteiger partial charge on any atom is -0.396 e. The molecule has 0 radical (unpaired) electrons. The molecule has 0 spiro atoms. The zero-order chi connectivity index (χ0) is 9.68. The molecule has 0 fully saturated rings. The molecule has 3 nitrogen and oxygen atoms in total. The fourth-order valence-electron chi connectivity index (χ4n) is 0.724. The van der Waals surface area contributed by atoms with E-state index in [-0.39, 0.29) is 11.8 Å². The van der Waals surface area contributed by atoms with Gasteiger partial charge in [-0.3, -0.25) is 0 Å². The van der Waals surface area contributed by atoms with E-state index in [2.05, 4.69) is 16.8 Å². The highest BCUT2D eigenvalue weighted by Gasteiger charge is 1.96. The average Bonchev–Trinajstić information content (AvgIpc) is 2.12. The molecule has 0 amide bonds. The van der Waals surface area contributed by atoms with Crippen LogP contribution in [0.1, 0.15) is 12.1 Å². The van der Waals surface area contributed by atoms with Crippen LogP contribution < -0.4 is 5.73 Å². The SMILES string of the molecule is Nc1ccc(C#CCCO)nc1Cl. The fraction of sp³-hybridized carbons (Fsp3) is 0.222. The maximum atomic E-state index is 8.47. The summed E-state index contributed by atoms with van der Waals surface area (Å²) in [5.41, 5.74) is 6.46. The van der Waals surface area contributed by atoms with E-state index in [0.29, 0.717) is 17.8 Å². The van der Waals surface area contributed by atoms with Crippen molar-refractivity contribution >= 4 is 17.3 Å². The van der Waals surface area contributed by atoms with Crippen molar-refractivity contribution < 1.29 is 5.11 Å². The molecule has 1 heterocycles. The normalized spacial score (nSPS) is 9.08. The van der Waals surface area contributed by atoms with Gasteiger partial charge in [-0.25, -0.2) is 4.98 Å². The molecule has 1 rings (SSSR count). The largest absolute Gasteiger partial charge is 0.396 e. The first-order valence-corrected chi connectivity index (χ1v) is 4.13. The van der Waals surface area contributed by atoms with Gasteiger partial charge in [-0.05, 0) is 18.1 Å². The van der Waals surface area contributed by atoms with Crippen molar-refractivity contribution in [3.05, 3.63) is 23.0 Å². The Kier molecular flexibility index (Phi) is 3.56. The second-order valence-corrected chi connectivity index (χ2v) is 2.71. The fourth-order valence-corrected chi connectivity index (χ4v) is 0.878. The number of anilines is 1. The molecule has 0 aliphatic heterocycles. The summed E-state index contributed by atoms with van der Waals surface area (Å²) in [6.45, 7) is 0.0513. The summed E-state index contributed by atoms with van der Waals surface area (Å²) < 4.78 is 0. The molecule has 0 aliphatic carbocycles. The van der Waals surface area contributed by atoms with Gasteiger partial charge in [0.1, 0.15) is 5.69 Å². The molecular formula is C9H9ClN2O. The molecular weight excluding hydrogens is 188 g/mol. The van der Waals surface area contributed by atoms with Crippen molar-refractivity contribution in [2.75, 3.05) is 12.3 Å². The number of aliphatic hydroxyl groups excluding tert-OH is 1. The Morgan fingerprint density at radius 2 is 2.31 bits per heavy atom. The monoisotopic (exact) mass is 196 g/mol. The van der Waals surface area contributed by atoms with Crippen LogP contribution in [-0.2, 0) is 0 Å². The van der Waals surface area contributed by atoms with E-state index in [0.717, 1.165) is 0 Å². The standard InChI is InChI=1S/C9H9ClN2O/c10-9-8(11)5-4-7(12-9)3-1-2-6-13/h4-5,13H,2,6,11H2. The number of aromatic nitrogens is 1. The molecule has 0 saturated heterocycles. The van der Waals surface area contributed by atoms with Crippen LogP contribution in [0.3, 0.4) is 0 Å². The Morgan fingerprint density at radius 3 is 2.92 bits per heavy atom. The highest BCUT2D eigenvalue weighted by atomic mass is 35.5. The Morgan fingerprint density at radius 1 is 1.54 bits per heavy atom. The molecule has 13 heavy (non-hydrogen) atoms. The van der Waals surface area contributed by atoms with Gasteiger partial charge in [-0.15, -0.1) is 0 Å². The van der Waals surface area contributed by atoms with Gasteiger partial charge in [-0.1, -0.05) is 17.5 Å². The number of halogens is 1. The zero-order valence-corrected chi connectivity index (χ0v) is 7.67. The van der Waals surface area contributed by atoms with E-state index in [1.807, 2.05) is 0 Å². The van der Waals surface area contributed by atoms with Crippen molar-refractivity contribution in [2.24, 2.45) is 0 Å². The Bertz CT molecular complexity index is 354. The van der Waals surface area contributed by atoms with Crippen molar-refractivity contribution in [1.29, 1.82) is 0 Å². The number of nitrogens with zero attached hydrogens (tertiary/aromatic N) is 1. The molecule has 0 aromatic carbocycles. The van der Waals surface area contributed by atoms with Gasteiger partial charge in [0.25, 0.3) is 0 Å². The predicted octanol–water partition coefficient (Wildman–Crippen LogP) is 1.05. The zero-order valence-electron chi connectivity index (χ0n) is 6.92. The first kappa shape index (κ1) is 9.85. The molecule has 0 aliphatic rings. The van der Waals surface area contributed by atoms with E-state index in [4.69, 9.17) is 22.4 Å².